The van der Waals surface area contributed by atoms with E-state index in [2.05, 4.69) is 52.9 Å². The summed E-state index contributed by atoms with van der Waals surface area (Å²) in [6.45, 7) is 7.61. The van der Waals surface area contributed by atoms with Gasteiger partial charge in [-0.15, -0.1) is 0 Å². The number of aromatic nitrogens is 1. The predicted octanol–water partition coefficient (Wildman–Crippen LogP) is 4.79. The summed E-state index contributed by atoms with van der Waals surface area (Å²) >= 11 is 0. The Hall–Kier alpha value is -1.81. The molecule has 150 valence electrons. The number of rotatable bonds is 5. The zero-order valence-corrected chi connectivity index (χ0v) is 17.4. The Morgan fingerprint density at radius 2 is 2.00 bits per heavy atom. The molecular formula is C24H33N3O. The smallest absolute Gasteiger partial charge is 0.225 e. The molecule has 2 aromatic rings. The van der Waals surface area contributed by atoms with E-state index in [4.69, 9.17) is 0 Å². The van der Waals surface area contributed by atoms with Gasteiger partial charge >= 0.3 is 0 Å². The number of nitrogens with one attached hydrogen (secondary N) is 1. The highest BCUT2D eigenvalue weighted by atomic mass is 16.2. The van der Waals surface area contributed by atoms with Crippen molar-refractivity contribution in [2.24, 2.45) is 5.41 Å². The van der Waals surface area contributed by atoms with Crippen LogP contribution >= 0.6 is 0 Å². The second kappa shape index (κ2) is 6.62. The number of carbonyl (C=O) groups excluding carboxylic acids is 1. The summed E-state index contributed by atoms with van der Waals surface area (Å²) in [5, 5.41) is 1.36. The van der Waals surface area contributed by atoms with Gasteiger partial charge in [0.1, 0.15) is 5.66 Å². The summed E-state index contributed by atoms with van der Waals surface area (Å²) in [6, 6.07) is 8.72. The fourth-order valence-corrected chi connectivity index (χ4v) is 6.70. The van der Waals surface area contributed by atoms with E-state index in [1.807, 2.05) is 0 Å². The molecule has 1 aromatic carbocycles. The van der Waals surface area contributed by atoms with Gasteiger partial charge in [0, 0.05) is 42.4 Å². The van der Waals surface area contributed by atoms with Gasteiger partial charge in [0.15, 0.2) is 0 Å². The standard InChI is InChI=1S/C24H33N3O/c1-3-5-8-15-27-21(28)17-23(4-2)13-9-14-26-16-12-19-18-10-6-7-11-20(18)25-22(19)24(23,26)27/h6-7,10-11,25H,3-5,8-9,12-17H2,1-2H3/t23-,24+/m0/s1. The van der Waals surface area contributed by atoms with Crippen LogP contribution in [0.2, 0.25) is 0 Å². The largest absolute Gasteiger partial charge is 0.355 e. The van der Waals surface area contributed by atoms with Gasteiger partial charge in [-0.05, 0) is 43.7 Å². The highest BCUT2D eigenvalue weighted by Crippen LogP contribution is 2.63. The first kappa shape index (κ1) is 18.2. The van der Waals surface area contributed by atoms with E-state index >= 15 is 0 Å². The lowest BCUT2D eigenvalue weighted by atomic mass is 9.63. The van der Waals surface area contributed by atoms with Crippen molar-refractivity contribution in [3.8, 4) is 0 Å². The van der Waals surface area contributed by atoms with Crippen LogP contribution in [0.1, 0.15) is 70.1 Å². The van der Waals surface area contributed by atoms with Crippen LogP contribution in [0.15, 0.2) is 24.3 Å². The van der Waals surface area contributed by atoms with Crippen LogP contribution in [0.5, 0.6) is 0 Å². The molecule has 1 amide bonds. The van der Waals surface area contributed by atoms with Crippen LogP contribution < -0.4 is 0 Å². The summed E-state index contributed by atoms with van der Waals surface area (Å²) < 4.78 is 0. The quantitative estimate of drug-likeness (QED) is 0.759. The number of fused-ring (bicyclic) bond motifs is 3. The molecule has 1 N–H and O–H groups in total. The van der Waals surface area contributed by atoms with Gasteiger partial charge in [-0.25, -0.2) is 0 Å². The number of carbonyl (C=O) groups is 1. The van der Waals surface area contributed by atoms with Crippen molar-refractivity contribution in [2.45, 2.75) is 70.9 Å². The molecule has 3 aliphatic heterocycles. The Bertz CT molecular complexity index is 902. The molecule has 0 bridgehead atoms. The molecule has 0 unspecified atom stereocenters. The second-order valence-electron chi connectivity index (χ2n) is 9.10. The third-order valence-electron chi connectivity index (χ3n) is 7.92. The van der Waals surface area contributed by atoms with Gasteiger partial charge in [0.05, 0.1) is 5.69 Å². The van der Waals surface area contributed by atoms with Gasteiger partial charge in [-0.2, -0.15) is 0 Å². The van der Waals surface area contributed by atoms with Crippen LogP contribution in [0.4, 0.5) is 0 Å². The van der Waals surface area contributed by atoms with Crippen molar-refractivity contribution in [3.63, 3.8) is 0 Å². The van der Waals surface area contributed by atoms with Crippen LogP contribution in [0, 0.1) is 5.41 Å². The normalized spacial score (nSPS) is 29.8. The highest BCUT2D eigenvalue weighted by molar-refractivity contribution is 5.87. The molecule has 28 heavy (non-hydrogen) atoms. The van der Waals surface area contributed by atoms with E-state index in [1.54, 1.807) is 0 Å². The van der Waals surface area contributed by atoms with Gasteiger partial charge in [-0.1, -0.05) is 44.9 Å². The van der Waals surface area contributed by atoms with E-state index < -0.39 is 0 Å². The predicted molar refractivity (Wildman–Crippen MR) is 113 cm³/mol. The Morgan fingerprint density at radius 1 is 1.14 bits per heavy atom. The fraction of sp³-hybridized carbons (Fsp3) is 0.625. The van der Waals surface area contributed by atoms with Crippen LogP contribution in [0.25, 0.3) is 10.9 Å². The number of unbranched alkanes of at least 4 members (excludes halogenated alkanes) is 2. The maximum atomic E-state index is 13.5. The summed E-state index contributed by atoms with van der Waals surface area (Å²) in [5.41, 5.74) is 3.79. The first-order valence-electron chi connectivity index (χ1n) is 11.3. The summed E-state index contributed by atoms with van der Waals surface area (Å²) in [7, 11) is 0. The molecule has 5 rings (SSSR count). The molecule has 4 heterocycles. The number of benzene rings is 1. The molecule has 1 spiro atoms. The minimum Gasteiger partial charge on any atom is -0.355 e. The highest BCUT2D eigenvalue weighted by Gasteiger charge is 2.68. The minimum atomic E-state index is -0.266. The molecule has 2 fully saturated rings. The number of para-hydroxylation sites is 1. The lowest BCUT2D eigenvalue weighted by molar-refractivity contribution is -0.163. The van der Waals surface area contributed by atoms with Crippen LogP contribution in [0.3, 0.4) is 0 Å². The number of hydrogen-bond acceptors (Lipinski definition) is 2. The molecule has 1 aromatic heterocycles. The lowest BCUT2D eigenvalue weighted by Crippen LogP contribution is -2.67. The van der Waals surface area contributed by atoms with Gasteiger partial charge < -0.3 is 9.88 Å². The summed E-state index contributed by atoms with van der Waals surface area (Å²) in [4.78, 5) is 22.3. The third-order valence-corrected chi connectivity index (χ3v) is 7.92. The van der Waals surface area contributed by atoms with Gasteiger partial charge in [0.25, 0.3) is 0 Å². The SMILES string of the molecule is CCCCCN1C(=O)C[C@]2(CC)CCCN3CCc4c([nH]c5ccccc45)[C@@]312. The Kier molecular flexibility index (Phi) is 4.31. The summed E-state index contributed by atoms with van der Waals surface area (Å²) in [6.07, 6.45) is 8.71. The van der Waals surface area contributed by atoms with E-state index in [0.29, 0.717) is 12.3 Å². The van der Waals surface area contributed by atoms with Crippen molar-refractivity contribution >= 4 is 16.8 Å². The number of likely N-dealkylation sites (tertiary alicyclic amines) is 1. The van der Waals surface area contributed by atoms with Crippen molar-refractivity contribution in [1.29, 1.82) is 0 Å². The maximum Gasteiger partial charge on any atom is 0.225 e. The molecule has 0 aliphatic carbocycles. The number of amides is 1. The first-order chi connectivity index (χ1) is 13.7. The molecule has 3 aliphatic rings. The lowest BCUT2D eigenvalue weighted by Gasteiger charge is -2.60. The third kappa shape index (κ3) is 2.18. The number of nitrogens with zero attached hydrogens (tertiary/aromatic N) is 2. The van der Waals surface area contributed by atoms with E-state index in [9.17, 15) is 4.79 Å². The molecular weight excluding hydrogens is 346 g/mol. The zero-order chi connectivity index (χ0) is 19.4. The Labute approximate surface area is 168 Å². The van der Waals surface area contributed by atoms with E-state index in [-0.39, 0.29) is 11.1 Å². The number of hydrogen-bond donors (Lipinski definition) is 1. The maximum absolute atomic E-state index is 13.5. The first-order valence-corrected chi connectivity index (χ1v) is 11.3. The minimum absolute atomic E-state index is 0.0323. The van der Waals surface area contributed by atoms with E-state index in [0.717, 1.165) is 45.3 Å². The van der Waals surface area contributed by atoms with Crippen LogP contribution in [-0.4, -0.2) is 40.3 Å². The Balaban J connectivity index is 1.75. The topological polar surface area (TPSA) is 39.3 Å². The average molecular weight is 380 g/mol. The van der Waals surface area contributed by atoms with E-state index in [1.165, 1.54) is 41.4 Å². The fourth-order valence-electron chi connectivity index (χ4n) is 6.70. The molecule has 2 saturated heterocycles. The molecule has 2 atom stereocenters. The monoisotopic (exact) mass is 379 g/mol. The molecule has 4 nitrogen and oxygen atoms in total. The Morgan fingerprint density at radius 3 is 2.82 bits per heavy atom. The van der Waals surface area contributed by atoms with Crippen molar-refractivity contribution in [3.05, 3.63) is 35.5 Å². The van der Waals surface area contributed by atoms with Gasteiger partial charge in [-0.3, -0.25) is 9.69 Å². The summed E-state index contributed by atoms with van der Waals surface area (Å²) in [5.74, 6) is 0.372. The zero-order valence-electron chi connectivity index (χ0n) is 17.4. The molecule has 4 heteroatoms. The van der Waals surface area contributed by atoms with Crippen molar-refractivity contribution < 1.29 is 4.79 Å². The van der Waals surface area contributed by atoms with Crippen LogP contribution in [-0.2, 0) is 16.9 Å². The molecule has 0 radical (unpaired) electrons. The molecule has 0 saturated carbocycles. The van der Waals surface area contributed by atoms with Crippen molar-refractivity contribution in [2.75, 3.05) is 19.6 Å². The number of piperidine rings is 1. The van der Waals surface area contributed by atoms with Crippen molar-refractivity contribution in [1.82, 2.24) is 14.8 Å². The second-order valence-corrected chi connectivity index (χ2v) is 9.10. The number of H-pyrrole nitrogens is 1. The average Bonchev–Trinajstić information content (AvgIpc) is 3.21. The number of aromatic amines is 1. The van der Waals surface area contributed by atoms with Gasteiger partial charge in [0.2, 0.25) is 5.91 Å².